The number of nitrogens with one attached hydrogen (secondary N) is 1. The Kier molecular flexibility index (Phi) is 5.76. The molecule has 0 aliphatic carbocycles. The maximum atomic E-state index is 14.0. The SMILES string of the molecule is COc1ccccc1[C@H](NC(=O)Cc1c(F)cccc1Cl)c1nccn1C. The molecule has 0 spiro atoms. The van der Waals surface area contributed by atoms with Gasteiger partial charge in [0.25, 0.3) is 0 Å². The number of carbonyl (C=O) groups excluding carboxylic acids is 1. The van der Waals surface area contributed by atoms with E-state index in [1.807, 2.05) is 35.9 Å². The van der Waals surface area contributed by atoms with E-state index >= 15 is 0 Å². The molecule has 7 heteroatoms. The number of aryl methyl sites for hydroxylation is 1. The Hall–Kier alpha value is -2.86. The largest absolute Gasteiger partial charge is 0.496 e. The lowest BCUT2D eigenvalue weighted by molar-refractivity contribution is -0.121. The molecule has 27 heavy (non-hydrogen) atoms. The minimum absolute atomic E-state index is 0.162. The first kappa shape index (κ1) is 18.9. The van der Waals surface area contributed by atoms with Crippen molar-refractivity contribution < 1.29 is 13.9 Å². The van der Waals surface area contributed by atoms with Gasteiger partial charge in [-0.05, 0) is 18.2 Å². The van der Waals surface area contributed by atoms with Crippen LogP contribution in [0.4, 0.5) is 4.39 Å². The minimum Gasteiger partial charge on any atom is -0.496 e. The highest BCUT2D eigenvalue weighted by Gasteiger charge is 2.24. The van der Waals surface area contributed by atoms with Crippen LogP contribution in [0.25, 0.3) is 0 Å². The maximum absolute atomic E-state index is 14.0. The number of carbonyl (C=O) groups is 1. The average molecular weight is 388 g/mol. The molecule has 140 valence electrons. The quantitative estimate of drug-likeness (QED) is 0.702. The van der Waals surface area contributed by atoms with Crippen molar-refractivity contribution in [1.82, 2.24) is 14.9 Å². The molecular weight excluding hydrogens is 369 g/mol. The summed E-state index contributed by atoms with van der Waals surface area (Å²) in [5, 5.41) is 3.15. The number of methoxy groups -OCH3 is 1. The Bertz CT molecular complexity index is 938. The van der Waals surface area contributed by atoms with Crippen LogP contribution in [0, 0.1) is 5.82 Å². The summed E-state index contributed by atoms with van der Waals surface area (Å²) in [6.45, 7) is 0. The zero-order valence-electron chi connectivity index (χ0n) is 14.9. The number of imidazole rings is 1. The summed E-state index contributed by atoms with van der Waals surface area (Å²) in [4.78, 5) is 17.0. The molecule has 3 rings (SSSR count). The molecule has 1 atom stereocenters. The molecule has 0 fully saturated rings. The third kappa shape index (κ3) is 4.11. The molecule has 1 amide bonds. The second-order valence-corrected chi connectivity index (χ2v) is 6.42. The first-order valence-electron chi connectivity index (χ1n) is 8.33. The summed E-state index contributed by atoms with van der Waals surface area (Å²) < 4.78 is 21.3. The van der Waals surface area contributed by atoms with Gasteiger partial charge >= 0.3 is 0 Å². The van der Waals surface area contributed by atoms with E-state index in [9.17, 15) is 9.18 Å². The number of ether oxygens (including phenoxy) is 1. The van der Waals surface area contributed by atoms with Crippen LogP contribution in [0.3, 0.4) is 0 Å². The number of para-hydroxylation sites is 1. The van der Waals surface area contributed by atoms with Gasteiger partial charge < -0.3 is 14.6 Å². The predicted octanol–water partition coefficient (Wildman–Crippen LogP) is 3.67. The number of hydrogen-bond acceptors (Lipinski definition) is 3. The Morgan fingerprint density at radius 1 is 1.30 bits per heavy atom. The van der Waals surface area contributed by atoms with E-state index < -0.39 is 11.9 Å². The van der Waals surface area contributed by atoms with Gasteiger partial charge in [0.15, 0.2) is 0 Å². The zero-order chi connectivity index (χ0) is 19.4. The zero-order valence-corrected chi connectivity index (χ0v) is 15.7. The van der Waals surface area contributed by atoms with Crippen LogP contribution in [0.2, 0.25) is 5.02 Å². The number of aromatic nitrogens is 2. The molecule has 0 aliphatic heterocycles. The van der Waals surface area contributed by atoms with Gasteiger partial charge in [-0.3, -0.25) is 4.79 Å². The summed E-state index contributed by atoms with van der Waals surface area (Å²) in [6, 6.07) is 11.2. The van der Waals surface area contributed by atoms with E-state index in [0.717, 1.165) is 5.56 Å². The fraction of sp³-hybridized carbons (Fsp3) is 0.200. The van der Waals surface area contributed by atoms with Crippen LogP contribution in [-0.4, -0.2) is 22.6 Å². The highest BCUT2D eigenvalue weighted by atomic mass is 35.5. The van der Waals surface area contributed by atoms with Crippen molar-refractivity contribution in [2.45, 2.75) is 12.5 Å². The Labute approximate surface area is 161 Å². The van der Waals surface area contributed by atoms with E-state index in [2.05, 4.69) is 10.3 Å². The molecule has 0 saturated heterocycles. The van der Waals surface area contributed by atoms with Crippen LogP contribution in [0.15, 0.2) is 54.9 Å². The number of benzene rings is 2. The van der Waals surface area contributed by atoms with Crippen molar-refractivity contribution in [3.8, 4) is 5.75 Å². The van der Waals surface area contributed by atoms with Gasteiger partial charge in [-0.2, -0.15) is 0 Å². The molecule has 5 nitrogen and oxygen atoms in total. The van der Waals surface area contributed by atoms with Gasteiger partial charge in [-0.1, -0.05) is 35.9 Å². The number of hydrogen-bond donors (Lipinski definition) is 1. The van der Waals surface area contributed by atoms with Gasteiger partial charge in [0.05, 0.1) is 13.5 Å². The predicted molar refractivity (Wildman–Crippen MR) is 101 cm³/mol. The van der Waals surface area contributed by atoms with Crippen LogP contribution in [0.1, 0.15) is 23.0 Å². The van der Waals surface area contributed by atoms with E-state index in [0.29, 0.717) is 11.6 Å². The monoisotopic (exact) mass is 387 g/mol. The summed E-state index contributed by atoms with van der Waals surface area (Å²) in [6.07, 6.45) is 3.26. The Morgan fingerprint density at radius 3 is 2.74 bits per heavy atom. The Balaban J connectivity index is 1.93. The molecule has 3 aromatic rings. The van der Waals surface area contributed by atoms with Gasteiger partial charge in [0.2, 0.25) is 5.91 Å². The first-order chi connectivity index (χ1) is 13.0. The molecule has 0 radical (unpaired) electrons. The second kappa shape index (κ2) is 8.22. The molecule has 0 saturated carbocycles. The maximum Gasteiger partial charge on any atom is 0.225 e. The topological polar surface area (TPSA) is 56.1 Å². The van der Waals surface area contributed by atoms with Crippen LogP contribution >= 0.6 is 11.6 Å². The number of amides is 1. The van der Waals surface area contributed by atoms with E-state index in [1.165, 1.54) is 12.1 Å². The van der Waals surface area contributed by atoms with Crippen LogP contribution in [0.5, 0.6) is 5.75 Å². The van der Waals surface area contributed by atoms with Crippen molar-refractivity contribution >= 4 is 17.5 Å². The number of halogens is 2. The number of rotatable bonds is 6. The molecule has 0 bridgehead atoms. The van der Waals surface area contributed by atoms with Gasteiger partial charge in [0.1, 0.15) is 23.4 Å². The summed E-state index contributed by atoms with van der Waals surface area (Å²) in [5.74, 6) is 0.367. The highest BCUT2D eigenvalue weighted by Crippen LogP contribution is 2.29. The van der Waals surface area contributed by atoms with Crippen molar-refractivity contribution in [3.05, 3.63) is 82.6 Å². The lowest BCUT2D eigenvalue weighted by Gasteiger charge is -2.21. The minimum atomic E-state index is -0.556. The Morgan fingerprint density at radius 2 is 2.07 bits per heavy atom. The normalized spacial score (nSPS) is 11.9. The van der Waals surface area contributed by atoms with Crippen molar-refractivity contribution in [2.75, 3.05) is 7.11 Å². The average Bonchev–Trinajstić information content (AvgIpc) is 3.08. The van der Waals surface area contributed by atoms with Crippen molar-refractivity contribution in [1.29, 1.82) is 0 Å². The van der Waals surface area contributed by atoms with Crippen molar-refractivity contribution in [2.24, 2.45) is 7.05 Å². The third-order valence-corrected chi connectivity index (χ3v) is 4.63. The molecule has 1 heterocycles. The van der Waals surface area contributed by atoms with E-state index in [-0.39, 0.29) is 22.9 Å². The second-order valence-electron chi connectivity index (χ2n) is 6.02. The molecule has 1 aromatic heterocycles. The number of nitrogens with zero attached hydrogens (tertiary/aromatic N) is 2. The summed E-state index contributed by atoms with van der Waals surface area (Å²) >= 11 is 6.04. The summed E-state index contributed by atoms with van der Waals surface area (Å²) in [5.41, 5.74) is 0.914. The van der Waals surface area contributed by atoms with E-state index in [4.69, 9.17) is 16.3 Å². The van der Waals surface area contributed by atoms with E-state index in [1.54, 1.807) is 25.6 Å². The van der Waals surface area contributed by atoms with Crippen LogP contribution in [-0.2, 0) is 18.3 Å². The fourth-order valence-corrected chi connectivity index (χ4v) is 3.15. The molecule has 0 unspecified atom stereocenters. The lowest BCUT2D eigenvalue weighted by Crippen LogP contribution is -2.32. The van der Waals surface area contributed by atoms with Gasteiger partial charge in [-0.15, -0.1) is 0 Å². The standard InChI is InChI=1S/C20H19ClFN3O2/c1-25-11-10-23-20(25)19(13-6-3-4-9-17(13)27-2)24-18(26)12-14-15(21)7-5-8-16(14)22/h3-11,19H,12H2,1-2H3,(H,24,26)/t19-/m0/s1. The molecule has 2 aromatic carbocycles. The van der Waals surface area contributed by atoms with Crippen molar-refractivity contribution in [3.63, 3.8) is 0 Å². The molecule has 0 aliphatic rings. The smallest absolute Gasteiger partial charge is 0.225 e. The van der Waals surface area contributed by atoms with Crippen LogP contribution < -0.4 is 10.1 Å². The highest BCUT2D eigenvalue weighted by molar-refractivity contribution is 6.31. The molecule has 1 N–H and O–H groups in total. The lowest BCUT2D eigenvalue weighted by atomic mass is 10.0. The summed E-state index contributed by atoms with van der Waals surface area (Å²) in [7, 11) is 3.40. The van der Waals surface area contributed by atoms with Gasteiger partial charge in [-0.25, -0.2) is 9.37 Å². The third-order valence-electron chi connectivity index (χ3n) is 4.27. The van der Waals surface area contributed by atoms with Gasteiger partial charge in [0, 0.05) is 35.6 Å². The fourth-order valence-electron chi connectivity index (χ4n) is 2.92. The first-order valence-corrected chi connectivity index (χ1v) is 8.71. The molecular formula is C20H19ClFN3O2.